The Morgan fingerprint density at radius 3 is 2.38 bits per heavy atom. The summed E-state index contributed by atoms with van der Waals surface area (Å²) in [6.07, 6.45) is 0. The van der Waals surface area contributed by atoms with Crippen molar-refractivity contribution in [2.75, 3.05) is 7.05 Å². The van der Waals surface area contributed by atoms with Crippen molar-refractivity contribution in [2.45, 2.75) is 33.4 Å². The van der Waals surface area contributed by atoms with Gasteiger partial charge in [-0.25, -0.2) is 13.2 Å². The first kappa shape index (κ1) is 15.6. The molecular formula is C15H18F3N3. The van der Waals surface area contributed by atoms with Crippen LogP contribution in [0.25, 0.3) is 0 Å². The molecule has 1 heterocycles. The maximum absolute atomic E-state index is 13.7. The zero-order valence-electron chi connectivity index (χ0n) is 12.5. The predicted octanol–water partition coefficient (Wildman–Crippen LogP) is 3.64. The summed E-state index contributed by atoms with van der Waals surface area (Å²) >= 11 is 0. The van der Waals surface area contributed by atoms with Crippen molar-refractivity contribution in [3.05, 3.63) is 52.1 Å². The van der Waals surface area contributed by atoms with E-state index in [-0.39, 0.29) is 18.2 Å². The third-order valence-corrected chi connectivity index (χ3v) is 3.81. The van der Waals surface area contributed by atoms with Gasteiger partial charge in [0.25, 0.3) is 0 Å². The lowest BCUT2D eigenvalue weighted by atomic mass is 10.0. The van der Waals surface area contributed by atoms with E-state index in [9.17, 15) is 13.2 Å². The fourth-order valence-corrected chi connectivity index (χ4v) is 2.50. The molecule has 1 N–H and O–H groups in total. The fourth-order valence-electron chi connectivity index (χ4n) is 2.50. The van der Waals surface area contributed by atoms with Crippen molar-refractivity contribution in [1.82, 2.24) is 15.1 Å². The Hall–Kier alpha value is -1.82. The molecule has 6 heteroatoms. The normalized spacial score (nSPS) is 13.0. The van der Waals surface area contributed by atoms with Gasteiger partial charge in [0.15, 0.2) is 11.6 Å². The van der Waals surface area contributed by atoms with Crippen LogP contribution in [-0.4, -0.2) is 22.1 Å². The largest absolute Gasteiger partial charge is 0.295 e. The van der Waals surface area contributed by atoms with E-state index >= 15 is 0 Å². The van der Waals surface area contributed by atoms with Gasteiger partial charge in [0, 0.05) is 29.4 Å². The molecule has 21 heavy (non-hydrogen) atoms. The van der Waals surface area contributed by atoms with Crippen molar-refractivity contribution in [3.63, 3.8) is 0 Å². The second kappa shape index (κ2) is 5.89. The van der Waals surface area contributed by atoms with E-state index in [1.807, 2.05) is 20.8 Å². The van der Waals surface area contributed by atoms with E-state index in [1.165, 1.54) is 0 Å². The first-order valence-corrected chi connectivity index (χ1v) is 6.67. The summed E-state index contributed by atoms with van der Waals surface area (Å²) in [4.78, 5) is 1.76. The van der Waals surface area contributed by atoms with Crippen LogP contribution in [0.5, 0.6) is 0 Å². The van der Waals surface area contributed by atoms with Crippen LogP contribution in [0.4, 0.5) is 13.2 Å². The lowest BCUT2D eigenvalue weighted by molar-refractivity contribution is 0.243. The van der Waals surface area contributed by atoms with Gasteiger partial charge in [0.1, 0.15) is 5.82 Å². The summed E-state index contributed by atoms with van der Waals surface area (Å²) in [5.74, 6) is -2.91. The van der Waals surface area contributed by atoms with E-state index in [4.69, 9.17) is 0 Å². The molecule has 1 aromatic heterocycles. The van der Waals surface area contributed by atoms with Crippen LogP contribution in [0, 0.1) is 31.3 Å². The number of halogens is 3. The van der Waals surface area contributed by atoms with Crippen LogP contribution < -0.4 is 0 Å². The fraction of sp³-hybridized carbons (Fsp3) is 0.400. The van der Waals surface area contributed by atoms with Crippen molar-refractivity contribution < 1.29 is 13.2 Å². The van der Waals surface area contributed by atoms with Crippen molar-refractivity contribution in [3.8, 4) is 0 Å². The molecule has 0 spiro atoms. The molecule has 2 aromatic rings. The topological polar surface area (TPSA) is 31.9 Å². The van der Waals surface area contributed by atoms with Gasteiger partial charge in [0.05, 0.1) is 5.69 Å². The Morgan fingerprint density at radius 2 is 1.81 bits per heavy atom. The molecule has 2 rings (SSSR count). The lowest BCUT2D eigenvalue weighted by Crippen LogP contribution is -2.24. The van der Waals surface area contributed by atoms with Gasteiger partial charge >= 0.3 is 0 Å². The minimum atomic E-state index is -1.13. The van der Waals surface area contributed by atoms with Gasteiger partial charge in [-0.1, -0.05) is 0 Å². The van der Waals surface area contributed by atoms with E-state index in [0.29, 0.717) is 0 Å². The number of rotatable bonds is 4. The van der Waals surface area contributed by atoms with E-state index in [0.717, 1.165) is 29.1 Å². The van der Waals surface area contributed by atoms with Crippen molar-refractivity contribution in [1.29, 1.82) is 0 Å². The van der Waals surface area contributed by atoms with Gasteiger partial charge in [-0.05, 0) is 40.0 Å². The number of aromatic amines is 1. The molecule has 0 aliphatic rings. The van der Waals surface area contributed by atoms with Crippen molar-refractivity contribution >= 4 is 0 Å². The molecule has 1 aromatic carbocycles. The maximum atomic E-state index is 13.7. The van der Waals surface area contributed by atoms with E-state index in [2.05, 4.69) is 10.2 Å². The van der Waals surface area contributed by atoms with Crippen LogP contribution in [-0.2, 0) is 6.54 Å². The molecule has 0 bridgehead atoms. The Labute approximate surface area is 121 Å². The van der Waals surface area contributed by atoms with Gasteiger partial charge in [0.2, 0.25) is 0 Å². The molecule has 0 fully saturated rings. The Bertz CT molecular complexity index is 632. The Kier molecular flexibility index (Phi) is 4.37. The Morgan fingerprint density at radius 1 is 1.19 bits per heavy atom. The number of nitrogens with one attached hydrogen (secondary N) is 1. The summed E-state index contributed by atoms with van der Waals surface area (Å²) < 4.78 is 40.7. The first-order chi connectivity index (χ1) is 9.82. The van der Waals surface area contributed by atoms with Gasteiger partial charge in [-0.3, -0.25) is 10.00 Å². The SMILES string of the molecule is Cc1n[nH]c(C)c1C(C)N(C)Cc1c(F)ccc(F)c1F. The summed E-state index contributed by atoms with van der Waals surface area (Å²) in [7, 11) is 1.74. The third kappa shape index (κ3) is 2.95. The van der Waals surface area contributed by atoms with Crippen LogP contribution in [0.1, 0.15) is 35.5 Å². The van der Waals surface area contributed by atoms with Crippen LogP contribution in [0.15, 0.2) is 12.1 Å². The molecule has 0 saturated carbocycles. The Balaban J connectivity index is 2.26. The number of hydrogen-bond acceptors (Lipinski definition) is 2. The molecule has 114 valence electrons. The molecule has 0 saturated heterocycles. The van der Waals surface area contributed by atoms with E-state index in [1.54, 1.807) is 11.9 Å². The predicted molar refractivity (Wildman–Crippen MR) is 74.3 cm³/mol. The average molecular weight is 297 g/mol. The minimum Gasteiger partial charge on any atom is -0.295 e. The van der Waals surface area contributed by atoms with Crippen LogP contribution in [0.2, 0.25) is 0 Å². The summed E-state index contributed by atoms with van der Waals surface area (Å²) in [5, 5.41) is 7.00. The number of hydrogen-bond donors (Lipinski definition) is 1. The second-order valence-electron chi connectivity index (χ2n) is 5.26. The average Bonchev–Trinajstić information content (AvgIpc) is 2.77. The third-order valence-electron chi connectivity index (χ3n) is 3.81. The standard InChI is InChI=1S/C15H18F3N3/c1-8-14(9(2)20-19-8)10(3)21(4)7-11-12(16)5-6-13(17)15(11)18/h5-6,10H,7H2,1-4H3,(H,19,20). The molecule has 0 aliphatic carbocycles. The molecule has 3 nitrogen and oxygen atoms in total. The quantitative estimate of drug-likeness (QED) is 0.874. The molecule has 0 radical (unpaired) electrons. The maximum Gasteiger partial charge on any atom is 0.166 e. The molecular weight excluding hydrogens is 279 g/mol. The monoisotopic (exact) mass is 297 g/mol. The summed E-state index contributed by atoms with van der Waals surface area (Å²) in [6.45, 7) is 5.65. The highest BCUT2D eigenvalue weighted by Crippen LogP contribution is 2.27. The number of benzene rings is 1. The van der Waals surface area contributed by atoms with Gasteiger partial charge in [-0.2, -0.15) is 5.10 Å². The van der Waals surface area contributed by atoms with Crippen LogP contribution >= 0.6 is 0 Å². The number of H-pyrrole nitrogens is 1. The first-order valence-electron chi connectivity index (χ1n) is 6.67. The summed E-state index contributed by atoms with van der Waals surface area (Å²) in [6, 6.07) is 1.63. The highest BCUT2D eigenvalue weighted by atomic mass is 19.2. The lowest BCUT2D eigenvalue weighted by Gasteiger charge is -2.25. The minimum absolute atomic E-state index is 0.0271. The zero-order valence-corrected chi connectivity index (χ0v) is 12.5. The number of aromatic nitrogens is 2. The number of nitrogens with zero attached hydrogens (tertiary/aromatic N) is 2. The van der Waals surface area contributed by atoms with E-state index < -0.39 is 17.5 Å². The molecule has 1 atom stereocenters. The molecule has 0 aliphatic heterocycles. The molecule has 1 unspecified atom stereocenters. The highest BCUT2D eigenvalue weighted by molar-refractivity contribution is 5.27. The van der Waals surface area contributed by atoms with Gasteiger partial charge < -0.3 is 0 Å². The van der Waals surface area contributed by atoms with Gasteiger partial charge in [-0.15, -0.1) is 0 Å². The van der Waals surface area contributed by atoms with Crippen molar-refractivity contribution in [2.24, 2.45) is 0 Å². The second-order valence-corrected chi connectivity index (χ2v) is 5.26. The smallest absolute Gasteiger partial charge is 0.166 e. The van der Waals surface area contributed by atoms with Crippen LogP contribution in [0.3, 0.4) is 0 Å². The molecule has 0 amide bonds. The number of aryl methyl sites for hydroxylation is 2. The highest BCUT2D eigenvalue weighted by Gasteiger charge is 2.22. The summed E-state index contributed by atoms with van der Waals surface area (Å²) in [5.41, 5.74) is 2.47. The zero-order chi connectivity index (χ0) is 15.7.